The van der Waals surface area contributed by atoms with Crippen molar-refractivity contribution in [1.82, 2.24) is 19.7 Å². The van der Waals surface area contributed by atoms with Crippen molar-refractivity contribution in [3.05, 3.63) is 12.0 Å². The van der Waals surface area contributed by atoms with Crippen molar-refractivity contribution in [3.63, 3.8) is 0 Å². The number of aryl methyl sites for hydroxylation is 1. The average Bonchev–Trinajstić information content (AvgIpc) is 3.14. The Kier molecular flexibility index (Phi) is 3.33. The Bertz CT molecular complexity index is 576. The molecule has 1 saturated carbocycles. The van der Waals surface area contributed by atoms with Crippen LogP contribution in [-0.2, 0) is 18.4 Å². The van der Waals surface area contributed by atoms with E-state index in [1.165, 1.54) is 12.8 Å². The Morgan fingerprint density at radius 1 is 1.42 bits per heavy atom. The van der Waals surface area contributed by atoms with Gasteiger partial charge in [-0.05, 0) is 25.7 Å². The van der Waals surface area contributed by atoms with Gasteiger partial charge in [0.2, 0.25) is 0 Å². The molecule has 102 valence electrons. The number of hydrogen-bond acceptors (Lipinski definition) is 5. The van der Waals surface area contributed by atoms with Gasteiger partial charge in [0.1, 0.15) is 12.4 Å². The normalized spacial score (nSPS) is 15.1. The smallest absolute Gasteiger partial charge is 0.163 e. The van der Waals surface area contributed by atoms with E-state index in [4.69, 9.17) is 4.74 Å². The molecular weight excluding hydrogens is 242 g/mol. The van der Waals surface area contributed by atoms with E-state index in [-0.39, 0.29) is 0 Å². The summed E-state index contributed by atoms with van der Waals surface area (Å²) in [6.45, 7) is 4.16. The third kappa shape index (κ3) is 2.68. The quantitative estimate of drug-likeness (QED) is 0.857. The molecule has 1 fully saturated rings. The van der Waals surface area contributed by atoms with Crippen molar-refractivity contribution < 1.29 is 4.74 Å². The first kappa shape index (κ1) is 12.3. The molecule has 2 heterocycles. The van der Waals surface area contributed by atoms with Crippen LogP contribution in [-0.4, -0.2) is 32.9 Å². The van der Waals surface area contributed by atoms with Crippen LogP contribution in [0.4, 0.5) is 5.82 Å². The lowest BCUT2D eigenvalue weighted by Gasteiger charge is -2.07. The fraction of sp³-hybridized carbons (Fsp3) is 0.615. The molecular formula is C13H19N5O. The maximum Gasteiger partial charge on any atom is 0.163 e. The number of nitrogens with one attached hydrogen (secondary N) is 1. The largest absolute Gasteiger partial charge is 0.373 e. The van der Waals surface area contributed by atoms with E-state index >= 15 is 0 Å². The molecule has 1 aliphatic carbocycles. The van der Waals surface area contributed by atoms with Crippen LogP contribution in [0.3, 0.4) is 0 Å². The van der Waals surface area contributed by atoms with E-state index in [0.29, 0.717) is 12.4 Å². The van der Waals surface area contributed by atoms with E-state index in [1.54, 1.807) is 10.9 Å². The highest BCUT2D eigenvalue weighted by Crippen LogP contribution is 2.29. The van der Waals surface area contributed by atoms with E-state index in [0.717, 1.165) is 35.9 Å². The van der Waals surface area contributed by atoms with Crippen molar-refractivity contribution in [1.29, 1.82) is 0 Å². The standard InChI is InChI=1S/C13H19N5O/c1-3-14-12-10-6-15-18(2)13(10)17-11(16-12)8-19-7-9-4-5-9/h6,9H,3-5,7-8H2,1-2H3,(H,14,16,17). The summed E-state index contributed by atoms with van der Waals surface area (Å²) in [5, 5.41) is 8.44. The molecule has 0 unspecified atom stereocenters. The maximum absolute atomic E-state index is 5.66. The van der Waals surface area contributed by atoms with Crippen LogP contribution in [0.15, 0.2) is 6.20 Å². The van der Waals surface area contributed by atoms with E-state index in [2.05, 4.69) is 20.4 Å². The molecule has 0 spiro atoms. The molecule has 0 bridgehead atoms. The van der Waals surface area contributed by atoms with Crippen LogP contribution < -0.4 is 5.32 Å². The van der Waals surface area contributed by atoms with Gasteiger partial charge in [0.05, 0.1) is 11.6 Å². The zero-order chi connectivity index (χ0) is 13.2. The lowest BCUT2D eigenvalue weighted by atomic mass is 10.3. The third-order valence-electron chi connectivity index (χ3n) is 3.26. The van der Waals surface area contributed by atoms with Gasteiger partial charge in [0, 0.05) is 20.2 Å². The van der Waals surface area contributed by atoms with Crippen LogP contribution in [0.5, 0.6) is 0 Å². The van der Waals surface area contributed by atoms with Crippen molar-refractivity contribution in [2.45, 2.75) is 26.4 Å². The summed E-state index contributed by atoms with van der Waals surface area (Å²) in [5.74, 6) is 2.31. The monoisotopic (exact) mass is 261 g/mol. The molecule has 3 rings (SSSR count). The predicted octanol–water partition coefficient (Wildman–Crippen LogP) is 1.72. The molecule has 1 aliphatic rings. The van der Waals surface area contributed by atoms with Crippen LogP contribution in [0.25, 0.3) is 11.0 Å². The molecule has 0 aromatic carbocycles. The molecule has 0 amide bonds. The van der Waals surface area contributed by atoms with Crippen LogP contribution in [0.1, 0.15) is 25.6 Å². The lowest BCUT2D eigenvalue weighted by molar-refractivity contribution is 0.106. The number of ether oxygens (including phenoxy) is 1. The zero-order valence-corrected chi connectivity index (χ0v) is 11.4. The summed E-state index contributed by atoms with van der Waals surface area (Å²) in [6.07, 6.45) is 4.39. The van der Waals surface area contributed by atoms with E-state index in [1.807, 2.05) is 14.0 Å². The fourth-order valence-corrected chi connectivity index (χ4v) is 2.04. The van der Waals surface area contributed by atoms with Gasteiger partial charge in [-0.1, -0.05) is 0 Å². The average molecular weight is 261 g/mol. The molecule has 0 radical (unpaired) electrons. The number of fused-ring (bicyclic) bond motifs is 1. The topological polar surface area (TPSA) is 64.9 Å². The number of aromatic nitrogens is 4. The lowest BCUT2D eigenvalue weighted by Crippen LogP contribution is -2.07. The minimum Gasteiger partial charge on any atom is -0.373 e. The van der Waals surface area contributed by atoms with Crippen LogP contribution in [0, 0.1) is 5.92 Å². The summed E-state index contributed by atoms with van der Waals surface area (Å²) < 4.78 is 7.43. The van der Waals surface area contributed by atoms with Gasteiger partial charge in [-0.25, -0.2) is 9.97 Å². The van der Waals surface area contributed by atoms with Crippen LogP contribution >= 0.6 is 0 Å². The SMILES string of the molecule is CCNc1nc(COCC2CC2)nc2c1cnn2C. The van der Waals surface area contributed by atoms with Crippen molar-refractivity contribution in [2.24, 2.45) is 13.0 Å². The second-order valence-corrected chi connectivity index (χ2v) is 4.98. The summed E-state index contributed by atoms with van der Waals surface area (Å²) >= 11 is 0. The first-order valence-corrected chi connectivity index (χ1v) is 6.78. The first-order chi connectivity index (χ1) is 9.28. The second kappa shape index (κ2) is 5.13. The fourth-order valence-electron chi connectivity index (χ4n) is 2.04. The minimum atomic E-state index is 0.468. The Balaban J connectivity index is 1.83. The van der Waals surface area contributed by atoms with Gasteiger partial charge < -0.3 is 10.1 Å². The molecule has 6 heteroatoms. The zero-order valence-electron chi connectivity index (χ0n) is 11.4. The maximum atomic E-state index is 5.66. The highest BCUT2D eigenvalue weighted by molar-refractivity contribution is 5.86. The number of hydrogen-bond donors (Lipinski definition) is 1. The number of anilines is 1. The Hall–Kier alpha value is -1.69. The molecule has 19 heavy (non-hydrogen) atoms. The third-order valence-corrected chi connectivity index (χ3v) is 3.26. The first-order valence-electron chi connectivity index (χ1n) is 6.78. The van der Waals surface area contributed by atoms with Gasteiger partial charge >= 0.3 is 0 Å². The molecule has 0 atom stereocenters. The Morgan fingerprint density at radius 3 is 3.00 bits per heavy atom. The van der Waals surface area contributed by atoms with Gasteiger partial charge in [-0.2, -0.15) is 5.10 Å². The second-order valence-electron chi connectivity index (χ2n) is 4.98. The summed E-state index contributed by atoms with van der Waals surface area (Å²) in [4.78, 5) is 9.04. The molecule has 0 saturated heterocycles. The Labute approximate surface area is 112 Å². The molecule has 2 aromatic heterocycles. The van der Waals surface area contributed by atoms with Gasteiger partial charge in [-0.3, -0.25) is 4.68 Å². The molecule has 2 aromatic rings. The van der Waals surface area contributed by atoms with Crippen molar-refractivity contribution in [2.75, 3.05) is 18.5 Å². The van der Waals surface area contributed by atoms with Crippen molar-refractivity contribution in [3.8, 4) is 0 Å². The molecule has 6 nitrogen and oxygen atoms in total. The minimum absolute atomic E-state index is 0.468. The van der Waals surface area contributed by atoms with Gasteiger partial charge in [0.15, 0.2) is 11.5 Å². The highest BCUT2D eigenvalue weighted by Gasteiger charge is 2.21. The van der Waals surface area contributed by atoms with Gasteiger partial charge in [-0.15, -0.1) is 0 Å². The highest BCUT2D eigenvalue weighted by atomic mass is 16.5. The number of rotatable bonds is 6. The van der Waals surface area contributed by atoms with Crippen LogP contribution in [0.2, 0.25) is 0 Å². The summed E-state index contributed by atoms with van der Waals surface area (Å²) in [6, 6.07) is 0. The number of nitrogens with zero attached hydrogens (tertiary/aromatic N) is 4. The summed E-state index contributed by atoms with van der Waals surface area (Å²) in [7, 11) is 1.89. The molecule has 0 aliphatic heterocycles. The van der Waals surface area contributed by atoms with E-state index in [9.17, 15) is 0 Å². The van der Waals surface area contributed by atoms with Crippen molar-refractivity contribution >= 4 is 16.9 Å². The Morgan fingerprint density at radius 2 is 2.26 bits per heavy atom. The summed E-state index contributed by atoms with van der Waals surface area (Å²) in [5.41, 5.74) is 0.843. The predicted molar refractivity (Wildman–Crippen MR) is 72.8 cm³/mol. The van der Waals surface area contributed by atoms with Gasteiger partial charge in [0.25, 0.3) is 0 Å². The molecule has 1 N–H and O–H groups in total. The van der Waals surface area contributed by atoms with E-state index < -0.39 is 0 Å².